The van der Waals surface area contributed by atoms with Crippen LogP contribution in [0, 0.1) is 5.92 Å². The average Bonchev–Trinajstić information content (AvgIpc) is 3.58. The van der Waals surface area contributed by atoms with Crippen molar-refractivity contribution < 1.29 is 19.0 Å². The largest absolute Gasteiger partial charge is 0.493 e. The van der Waals surface area contributed by atoms with Crippen molar-refractivity contribution in [2.45, 2.75) is 51.0 Å². The number of benzene rings is 1. The zero-order valence-corrected chi connectivity index (χ0v) is 20.9. The van der Waals surface area contributed by atoms with Gasteiger partial charge in [0.15, 0.2) is 11.5 Å². The summed E-state index contributed by atoms with van der Waals surface area (Å²) in [6.45, 7) is 6.46. The Balaban J connectivity index is 0.894. The van der Waals surface area contributed by atoms with E-state index in [1.54, 1.807) is 0 Å². The first kappa shape index (κ1) is 23.4. The van der Waals surface area contributed by atoms with E-state index < -0.39 is 0 Å². The minimum Gasteiger partial charge on any atom is -0.493 e. The van der Waals surface area contributed by atoms with Crippen molar-refractivity contribution in [2.75, 3.05) is 51.0 Å². The first-order chi connectivity index (χ1) is 17.7. The molecule has 1 aromatic heterocycles. The molecular weight excluding hydrogens is 456 g/mol. The number of nitrogens with zero attached hydrogens (tertiary/aromatic N) is 3. The van der Waals surface area contributed by atoms with Gasteiger partial charge in [-0.25, -0.2) is 4.98 Å². The molecule has 3 aliphatic heterocycles. The molecule has 2 fully saturated rings. The molecular formula is C28H36N4O4. The topological polar surface area (TPSA) is 76.2 Å². The third-order valence-corrected chi connectivity index (χ3v) is 8.14. The van der Waals surface area contributed by atoms with Crippen molar-refractivity contribution in [1.29, 1.82) is 0 Å². The summed E-state index contributed by atoms with van der Waals surface area (Å²) in [5.74, 6) is 4.50. The van der Waals surface area contributed by atoms with Crippen LogP contribution >= 0.6 is 0 Å². The van der Waals surface area contributed by atoms with Crippen LogP contribution in [0.15, 0.2) is 30.5 Å². The predicted octanol–water partition coefficient (Wildman–Crippen LogP) is 3.18. The molecule has 1 saturated heterocycles. The fourth-order valence-electron chi connectivity index (χ4n) is 6.03. The summed E-state index contributed by atoms with van der Waals surface area (Å²) in [6.07, 6.45) is 9.06. The number of ether oxygens (including phenoxy) is 3. The van der Waals surface area contributed by atoms with Crippen molar-refractivity contribution in [1.82, 2.24) is 15.2 Å². The Morgan fingerprint density at radius 3 is 2.67 bits per heavy atom. The molecule has 1 aliphatic carbocycles. The molecule has 4 aliphatic rings. The van der Waals surface area contributed by atoms with Crippen LogP contribution in [0.3, 0.4) is 0 Å². The lowest BCUT2D eigenvalue weighted by molar-refractivity contribution is -0.121. The number of hydrogen-bond acceptors (Lipinski definition) is 7. The summed E-state index contributed by atoms with van der Waals surface area (Å²) in [4.78, 5) is 22.3. The van der Waals surface area contributed by atoms with E-state index in [2.05, 4.69) is 20.1 Å². The van der Waals surface area contributed by atoms with Gasteiger partial charge in [0.2, 0.25) is 12.7 Å². The van der Waals surface area contributed by atoms with Gasteiger partial charge in [-0.3, -0.25) is 9.69 Å². The van der Waals surface area contributed by atoms with Crippen LogP contribution in [0.5, 0.6) is 17.2 Å². The summed E-state index contributed by atoms with van der Waals surface area (Å²) < 4.78 is 16.5. The standard InChI is InChI=1S/C28H36N4O4/c33-27(18-21-3-6-25-26(17-21)36-19-35-25)30-22-4-1-20(2-5-22)8-11-31-12-14-32(15-13-31)28-23-9-16-34-24(23)7-10-29-28/h3,6-7,10,17,20,22H,1-2,4-5,8-9,11-16,18-19H2,(H,30,33). The molecule has 8 nitrogen and oxygen atoms in total. The van der Waals surface area contributed by atoms with Crippen LogP contribution < -0.4 is 24.4 Å². The Hall–Kier alpha value is -3.00. The van der Waals surface area contributed by atoms with E-state index in [0.717, 1.165) is 86.6 Å². The number of anilines is 1. The van der Waals surface area contributed by atoms with Crippen LogP contribution in [0.25, 0.3) is 0 Å². The molecule has 4 heterocycles. The van der Waals surface area contributed by atoms with E-state index in [1.165, 1.54) is 31.4 Å². The number of rotatable bonds is 7. The number of hydrogen-bond donors (Lipinski definition) is 1. The van der Waals surface area contributed by atoms with E-state index in [-0.39, 0.29) is 12.7 Å². The number of aromatic nitrogens is 1. The van der Waals surface area contributed by atoms with Crippen LogP contribution in [-0.4, -0.2) is 68.0 Å². The molecule has 36 heavy (non-hydrogen) atoms. The lowest BCUT2D eigenvalue weighted by Crippen LogP contribution is -2.47. The van der Waals surface area contributed by atoms with Gasteiger partial charge in [0.05, 0.1) is 13.0 Å². The van der Waals surface area contributed by atoms with Gasteiger partial charge in [-0.15, -0.1) is 0 Å². The van der Waals surface area contributed by atoms with E-state index in [1.807, 2.05) is 30.5 Å². The van der Waals surface area contributed by atoms with Crippen molar-refractivity contribution in [3.63, 3.8) is 0 Å². The molecule has 6 rings (SSSR count). The molecule has 2 aromatic rings. The van der Waals surface area contributed by atoms with Crippen molar-refractivity contribution in [3.05, 3.63) is 41.6 Å². The Labute approximate surface area is 212 Å². The van der Waals surface area contributed by atoms with Gasteiger partial charge in [0, 0.05) is 50.4 Å². The minimum absolute atomic E-state index is 0.0975. The lowest BCUT2D eigenvalue weighted by Gasteiger charge is -2.37. The van der Waals surface area contributed by atoms with E-state index in [9.17, 15) is 4.79 Å². The number of carbonyl (C=O) groups is 1. The number of carbonyl (C=O) groups excluding carboxylic acids is 1. The van der Waals surface area contributed by atoms with Crippen molar-refractivity contribution >= 4 is 11.7 Å². The predicted molar refractivity (Wildman–Crippen MR) is 137 cm³/mol. The molecule has 1 aromatic carbocycles. The monoisotopic (exact) mass is 492 g/mol. The van der Waals surface area contributed by atoms with Gasteiger partial charge in [-0.05, 0) is 68.3 Å². The molecule has 0 bridgehead atoms. The fourth-order valence-corrected chi connectivity index (χ4v) is 6.03. The molecule has 192 valence electrons. The Morgan fingerprint density at radius 2 is 1.81 bits per heavy atom. The average molecular weight is 493 g/mol. The van der Waals surface area contributed by atoms with Gasteiger partial charge in [0.1, 0.15) is 11.6 Å². The maximum Gasteiger partial charge on any atom is 0.231 e. The molecule has 1 amide bonds. The molecule has 1 saturated carbocycles. The quantitative estimate of drug-likeness (QED) is 0.636. The highest BCUT2D eigenvalue weighted by atomic mass is 16.7. The number of fused-ring (bicyclic) bond motifs is 2. The smallest absolute Gasteiger partial charge is 0.231 e. The zero-order chi connectivity index (χ0) is 24.3. The van der Waals surface area contributed by atoms with Crippen LogP contribution in [-0.2, 0) is 17.6 Å². The Morgan fingerprint density at radius 1 is 0.972 bits per heavy atom. The highest BCUT2D eigenvalue weighted by Crippen LogP contribution is 2.34. The Bertz CT molecular complexity index is 1080. The molecule has 0 unspecified atom stereocenters. The molecule has 1 N–H and O–H groups in total. The number of piperazine rings is 1. The fraction of sp³-hybridized carbons (Fsp3) is 0.571. The summed E-state index contributed by atoms with van der Waals surface area (Å²) in [5.41, 5.74) is 2.25. The maximum atomic E-state index is 12.6. The second kappa shape index (κ2) is 10.5. The highest BCUT2D eigenvalue weighted by molar-refractivity contribution is 5.79. The minimum atomic E-state index is 0.0975. The van der Waals surface area contributed by atoms with Gasteiger partial charge in [-0.2, -0.15) is 0 Å². The molecule has 8 heteroatoms. The summed E-state index contributed by atoms with van der Waals surface area (Å²) in [7, 11) is 0. The second-order valence-electron chi connectivity index (χ2n) is 10.5. The van der Waals surface area contributed by atoms with Gasteiger partial charge >= 0.3 is 0 Å². The SMILES string of the molecule is O=C(Cc1ccc2c(c1)OCO2)NC1CCC(CCN2CCN(c3nccc4c3CCO4)CC2)CC1. The second-order valence-corrected chi connectivity index (χ2v) is 10.5. The van der Waals surface area contributed by atoms with E-state index in [4.69, 9.17) is 14.2 Å². The summed E-state index contributed by atoms with van der Waals surface area (Å²) in [6, 6.07) is 8.03. The summed E-state index contributed by atoms with van der Waals surface area (Å²) in [5, 5.41) is 3.26. The molecule has 0 atom stereocenters. The lowest BCUT2D eigenvalue weighted by atomic mass is 9.84. The van der Waals surface area contributed by atoms with E-state index in [0.29, 0.717) is 12.5 Å². The van der Waals surface area contributed by atoms with Crippen molar-refractivity contribution in [2.24, 2.45) is 5.92 Å². The van der Waals surface area contributed by atoms with Gasteiger partial charge in [0.25, 0.3) is 0 Å². The first-order valence-corrected chi connectivity index (χ1v) is 13.5. The highest BCUT2D eigenvalue weighted by Gasteiger charge is 2.26. The van der Waals surface area contributed by atoms with Gasteiger partial charge in [-0.1, -0.05) is 6.07 Å². The number of pyridine rings is 1. The number of amides is 1. The van der Waals surface area contributed by atoms with E-state index >= 15 is 0 Å². The van der Waals surface area contributed by atoms with Crippen LogP contribution in [0.4, 0.5) is 5.82 Å². The first-order valence-electron chi connectivity index (χ1n) is 13.5. The molecule has 0 spiro atoms. The third-order valence-electron chi connectivity index (χ3n) is 8.14. The number of nitrogens with one attached hydrogen (secondary N) is 1. The third kappa shape index (κ3) is 5.24. The van der Waals surface area contributed by atoms with Crippen molar-refractivity contribution in [3.8, 4) is 17.2 Å². The van der Waals surface area contributed by atoms with Crippen LogP contribution in [0.1, 0.15) is 43.2 Å². The van der Waals surface area contributed by atoms with Gasteiger partial charge < -0.3 is 24.4 Å². The Kier molecular flexibility index (Phi) is 6.86. The normalized spacial score (nSPS) is 23.3. The zero-order valence-electron chi connectivity index (χ0n) is 20.9. The maximum absolute atomic E-state index is 12.6. The summed E-state index contributed by atoms with van der Waals surface area (Å²) >= 11 is 0. The van der Waals surface area contributed by atoms with Crippen LogP contribution in [0.2, 0.25) is 0 Å². The molecule has 0 radical (unpaired) electrons.